The summed E-state index contributed by atoms with van der Waals surface area (Å²) in [4.78, 5) is 0. The van der Waals surface area contributed by atoms with Crippen molar-refractivity contribution in [2.45, 2.75) is 24.6 Å². The van der Waals surface area contributed by atoms with Crippen LogP contribution in [0.25, 0.3) is 0 Å². The third kappa shape index (κ3) is 1.27. The lowest BCUT2D eigenvalue weighted by atomic mass is 10.2. The van der Waals surface area contributed by atoms with Crippen molar-refractivity contribution in [3.8, 4) is 0 Å². The van der Waals surface area contributed by atoms with E-state index in [9.17, 15) is 0 Å². The molecule has 0 saturated carbocycles. The molecule has 0 aliphatic carbocycles. The van der Waals surface area contributed by atoms with Crippen molar-refractivity contribution in [1.82, 2.24) is 10.3 Å². The van der Waals surface area contributed by atoms with Gasteiger partial charge in [-0.2, -0.15) is 0 Å². The maximum atomic E-state index is 5.71. The van der Waals surface area contributed by atoms with E-state index in [2.05, 4.69) is 5.32 Å². The molecule has 0 spiro atoms. The quantitative estimate of drug-likeness (QED) is 0.475. The molecule has 3 atom stereocenters. The van der Waals surface area contributed by atoms with Gasteiger partial charge in [0.15, 0.2) is 0 Å². The molecule has 0 aromatic heterocycles. The number of hydrogen-bond donors (Lipinski definition) is 2. The lowest BCUT2D eigenvalue weighted by molar-refractivity contribution is 0.0811. The molecule has 0 aromatic carbocycles. The van der Waals surface area contributed by atoms with Crippen molar-refractivity contribution >= 4 is 0 Å². The molecule has 2 aliphatic heterocycles. The van der Waals surface area contributed by atoms with Crippen molar-refractivity contribution in [3.63, 3.8) is 0 Å². The maximum absolute atomic E-state index is 5.71. The van der Waals surface area contributed by atoms with E-state index in [0.717, 1.165) is 19.5 Å². The standard InChI is InChI=1S/C7H15N3O/c1-11-7-2-5-3-10(8)4-6(7)9-5/h5-7,9H,2-4,8H2,1H3/t5-,6-,7-/m1/s1. The predicted molar refractivity (Wildman–Crippen MR) is 41.9 cm³/mol. The average molecular weight is 157 g/mol. The van der Waals surface area contributed by atoms with Gasteiger partial charge >= 0.3 is 0 Å². The summed E-state index contributed by atoms with van der Waals surface area (Å²) in [5.74, 6) is 5.71. The van der Waals surface area contributed by atoms with Gasteiger partial charge in [0.2, 0.25) is 0 Å². The molecule has 64 valence electrons. The van der Waals surface area contributed by atoms with Gasteiger partial charge in [0.05, 0.1) is 6.10 Å². The Kier molecular flexibility index (Phi) is 1.85. The zero-order chi connectivity index (χ0) is 7.84. The molecule has 0 radical (unpaired) electrons. The number of nitrogens with zero attached hydrogens (tertiary/aromatic N) is 1. The van der Waals surface area contributed by atoms with Crippen molar-refractivity contribution in [2.75, 3.05) is 20.2 Å². The van der Waals surface area contributed by atoms with Crippen molar-refractivity contribution in [3.05, 3.63) is 0 Å². The van der Waals surface area contributed by atoms with Crippen LogP contribution in [0, 0.1) is 0 Å². The van der Waals surface area contributed by atoms with Crippen LogP contribution in [0.1, 0.15) is 6.42 Å². The van der Waals surface area contributed by atoms with Crippen LogP contribution in [-0.4, -0.2) is 43.4 Å². The van der Waals surface area contributed by atoms with E-state index < -0.39 is 0 Å². The smallest absolute Gasteiger partial charge is 0.0752 e. The second kappa shape index (κ2) is 2.71. The van der Waals surface area contributed by atoms with Gasteiger partial charge in [-0.3, -0.25) is 5.84 Å². The fraction of sp³-hybridized carbons (Fsp3) is 1.00. The van der Waals surface area contributed by atoms with Crippen LogP contribution < -0.4 is 11.2 Å². The molecule has 0 unspecified atom stereocenters. The van der Waals surface area contributed by atoms with Gasteiger partial charge < -0.3 is 10.1 Å². The first-order valence-electron chi connectivity index (χ1n) is 4.08. The number of ether oxygens (including phenoxy) is 1. The van der Waals surface area contributed by atoms with Gasteiger partial charge in [-0.05, 0) is 6.42 Å². The molecule has 0 amide bonds. The zero-order valence-electron chi connectivity index (χ0n) is 6.79. The zero-order valence-corrected chi connectivity index (χ0v) is 6.79. The summed E-state index contributed by atoms with van der Waals surface area (Å²) in [5.41, 5.74) is 0. The van der Waals surface area contributed by atoms with Crippen LogP contribution in [0.4, 0.5) is 0 Å². The lowest BCUT2D eigenvalue weighted by Crippen LogP contribution is -2.55. The number of nitrogens with two attached hydrogens (primary N) is 1. The lowest BCUT2D eigenvalue weighted by Gasteiger charge is -2.29. The van der Waals surface area contributed by atoms with E-state index >= 15 is 0 Å². The SMILES string of the molecule is CO[C@@H]1C[C@@H]2CN(N)C[C@H]1N2. The highest BCUT2D eigenvalue weighted by Gasteiger charge is 2.38. The molecule has 2 bridgehead atoms. The minimum Gasteiger partial charge on any atom is -0.380 e. The molecule has 11 heavy (non-hydrogen) atoms. The summed E-state index contributed by atoms with van der Waals surface area (Å²) < 4.78 is 5.33. The second-order valence-corrected chi connectivity index (χ2v) is 3.43. The molecule has 2 saturated heterocycles. The Morgan fingerprint density at radius 1 is 1.55 bits per heavy atom. The average Bonchev–Trinajstić information content (AvgIpc) is 2.25. The molecule has 2 aliphatic rings. The number of rotatable bonds is 1. The van der Waals surface area contributed by atoms with E-state index in [-0.39, 0.29) is 0 Å². The number of methoxy groups -OCH3 is 1. The van der Waals surface area contributed by atoms with E-state index in [0.29, 0.717) is 18.2 Å². The number of piperazine rings is 1. The Hall–Kier alpha value is -0.160. The summed E-state index contributed by atoms with van der Waals surface area (Å²) in [6.07, 6.45) is 1.48. The molecule has 0 aromatic rings. The minimum absolute atomic E-state index is 0.369. The molecule has 2 heterocycles. The van der Waals surface area contributed by atoms with Gasteiger partial charge in [0.1, 0.15) is 0 Å². The van der Waals surface area contributed by atoms with Crippen molar-refractivity contribution in [1.29, 1.82) is 0 Å². The van der Waals surface area contributed by atoms with Crippen LogP contribution >= 0.6 is 0 Å². The summed E-state index contributed by atoms with van der Waals surface area (Å²) in [5, 5.41) is 5.35. The number of nitrogens with one attached hydrogen (secondary N) is 1. The van der Waals surface area contributed by atoms with E-state index in [1.807, 2.05) is 5.01 Å². The fourth-order valence-corrected chi connectivity index (χ4v) is 2.09. The predicted octanol–water partition coefficient (Wildman–Crippen LogP) is -1.08. The third-order valence-corrected chi connectivity index (χ3v) is 2.60. The molecule has 2 rings (SSSR count). The number of fused-ring (bicyclic) bond motifs is 2. The van der Waals surface area contributed by atoms with Crippen molar-refractivity contribution in [2.24, 2.45) is 5.84 Å². The van der Waals surface area contributed by atoms with Gasteiger partial charge in [-0.15, -0.1) is 0 Å². The first kappa shape index (κ1) is 7.49. The van der Waals surface area contributed by atoms with E-state index in [1.54, 1.807) is 7.11 Å². The molecular weight excluding hydrogens is 142 g/mol. The summed E-state index contributed by atoms with van der Waals surface area (Å²) in [7, 11) is 1.77. The van der Waals surface area contributed by atoms with Gasteiger partial charge in [0.25, 0.3) is 0 Å². The second-order valence-electron chi connectivity index (χ2n) is 3.43. The van der Waals surface area contributed by atoms with Gasteiger partial charge in [-0.25, -0.2) is 5.01 Å². The topological polar surface area (TPSA) is 50.5 Å². The normalized spacial score (nSPS) is 44.7. The van der Waals surface area contributed by atoms with Gasteiger partial charge in [-0.1, -0.05) is 0 Å². The maximum Gasteiger partial charge on any atom is 0.0752 e. The van der Waals surface area contributed by atoms with E-state index in [4.69, 9.17) is 10.6 Å². The summed E-state index contributed by atoms with van der Waals surface area (Å²) >= 11 is 0. The minimum atomic E-state index is 0.369. The Balaban J connectivity index is 2.02. The molecular formula is C7H15N3O. The van der Waals surface area contributed by atoms with E-state index in [1.165, 1.54) is 0 Å². The molecule has 3 N–H and O–H groups in total. The fourth-order valence-electron chi connectivity index (χ4n) is 2.09. The Labute approximate surface area is 66.7 Å². The highest BCUT2D eigenvalue weighted by atomic mass is 16.5. The first-order chi connectivity index (χ1) is 5.29. The highest BCUT2D eigenvalue weighted by molar-refractivity contribution is 4.97. The molecule has 2 fully saturated rings. The Morgan fingerprint density at radius 2 is 2.36 bits per heavy atom. The molecule has 4 heteroatoms. The van der Waals surface area contributed by atoms with Gasteiger partial charge in [0, 0.05) is 32.3 Å². The number of hydrazine groups is 1. The third-order valence-electron chi connectivity index (χ3n) is 2.60. The highest BCUT2D eigenvalue weighted by Crippen LogP contribution is 2.20. The van der Waals surface area contributed by atoms with Crippen LogP contribution in [0.5, 0.6) is 0 Å². The first-order valence-corrected chi connectivity index (χ1v) is 4.08. The molecule has 4 nitrogen and oxygen atoms in total. The number of hydrogen-bond acceptors (Lipinski definition) is 4. The van der Waals surface area contributed by atoms with Crippen LogP contribution in [0.2, 0.25) is 0 Å². The van der Waals surface area contributed by atoms with Crippen molar-refractivity contribution < 1.29 is 4.74 Å². The Morgan fingerprint density at radius 3 is 3.09 bits per heavy atom. The Bertz CT molecular complexity index is 153. The monoisotopic (exact) mass is 157 g/mol. The largest absolute Gasteiger partial charge is 0.380 e. The summed E-state index contributed by atoms with van der Waals surface area (Å²) in [6, 6.07) is 0.993. The van der Waals surface area contributed by atoms with Crippen LogP contribution in [0.15, 0.2) is 0 Å². The summed E-state index contributed by atoms with van der Waals surface area (Å²) in [6.45, 7) is 1.87. The van der Waals surface area contributed by atoms with Crippen LogP contribution in [-0.2, 0) is 4.74 Å². The van der Waals surface area contributed by atoms with Crippen LogP contribution in [0.3, 0.4) is 0 Å².